The summed E-state index contributed by atoms with van der Waals surface area (Å²) in [7, 11) is 0. The second-order valence-corrected chi connectivity index (χ2v) is 4.76. The van der Waals surface area contributed by atoms with E-state index in [-0.39, 0.29) is 5.56 Å². The van der Waals surface area contributed by atoms with Crippen LogP contribution < -0.4 is 5.56 Å². The second-order valence-electron chi connectivity index (χ2n) is 4.76. The highest BCUT2D eigenvalue weighted by Crippen LogP contribution is 2.07. The first kappa shape index (κ1) is 12.4. The quantitative estimate of drug-likeness (QED) is 0.729. The van der Waals surface area contributed by atoms with Gasteiger partial charge < -0.3 is 4.57 Å². The Bertz CT molecular complexity index is 772. The zero-order valence-corrected chi connectivity index (χ0v) is 11.2. The molecule has 1 aromatic carbocycles. The van der Waals surface area contributed by atoms with Crippen LogP contribution in [0.4, 0.5) is 0 Å². The number of nitrogens with zero attached hydrogens (tertiary/aromatic N) is 3. The summed E-state index contributed by atoms with van der Waals surface area (Å²) in [6.07, 6.45) is 3.71. The van der Waals surface area contributed by atoms with Crippen LogP contribution >= 0.6 is 0 Å². The highest BCUT2D eigenvalue weighted by Gasteiger charge is 2.03. The molecule has 0 bridgehead atoms. The van der Waals surface area contributed by atoms with Crippen LogP contribution in [0.3, 0.4) is 0 Å². The fourth-order valence-corrected chi connectivity index (χ4v) is 2.08. The van der Waals surface area contributed by atoms with Crippen LogP contribution in [0.1, 0.15) is 11.3 Å². The fraction of sp³-hybridized carbons (Fsp3) is 0.125. The zero-order valence-electron chi connectivity index (χ0n) is 11.2. The number of hydrogen-bond donors (Lipinski definition) is 0. The molecule has 4 nitrogen and oxygen atoms in total. The molecule has 100 valence electrons. The third-order valence-corrected chi connectivity index (χ3v) is 3.15. The lowest BCUT2D eigenvalue weighted by Crippen LogP contribution is -2.19. The minimum absolute atomic E-state index is 0.000684. The Kier molecular flexibility index (Phi) is 3.21. The van der Waals surface area contributed by atoms with Gasteiger partial charge in [0, 0.05) is 18.5 Å². The van der Waals surface area contributed by atoms with Crippen molar-refractivity contribution < 1.29 is 0 Å². The predicted molar refractivity (Wildman–Crippen MR) is 78.1 cm³/mol. The Labute approximate surface area is 116 Å². The summed E-state index contributed by atoms with van der Waals surface area (Å²) in [6.45, 7) is 2.40. The van der Waals surface area contributed by atoms with Crippen LogP contribution in [0.2, 0.25) is 0 Å². The summed E-state index contributed by atoms with van der Waals surface area (Å²) in [5.41, 5.74) is 2.84. The van der Waals surface area contributed by atoms with Gasteiger partial charge in [-0.3, -0.25) is 4.79 Å². The largest absolute Gasteiger partial charge is 0.309 e. The maximum atomic E-state index is 11.8. The molecular formula is C16H15N3O. The summed E-state index contributed by atoms with van der Waals surface area (Å²) in [5, 5.41) is 4.50. The molecule has 2 aromatic heterocycles. The normalized spacial score (nSPS) is 10.7. The van der Waals surface area contributed by atoms with E-state index in [4.69, 9.17) is 0 Å². The topological polar surface area (TPSA) is 39.8 Å². The molecule has 0 N–H and O–H groups in total. The Balaban J connectivity index is 1.86. The number of benzene rings is 1. The number of aromatic nitrogens is 3. The number of hydrogen-bond acceptors (Lipinski definition) is 2. The van der Waals surface area contributed by atoms with Crippen molar-refractivity contribution in [1.82, 2.24) is 14.3 Å². The van der Waals surface area contributed by atoms with Crippen molar-refractivity contribution >= 4 is 0 Å². The first-order valence-electron chi connectivity index (χ1n) is 6.49. The van der Waals surface area contributed by atoms with Gasteiger partial charge in [0.25, 0.3) is 5.56 Å². The minimum Gasteiger partial charge on any atom is -0.309 e. The van der Waals surface area contributed by atoms with Gasteiger partial charge in [-0.2, -0.15) is 5.10 Å². The Morgan fingerprint density at radius 1 is 1.05 bits per heavy atom. The molecular weight excluding hydrogens is 250 g/mol. The molecule has 0 radical (unpaired) electrons. The van der Waals surface area contributed by atoms with Gasteiger partial charge in [-0.1, -0.05) is 18.2 Å². The lowest BCUT2D eigenvalue weighted by molar-refractivity contribution is 0.718. The van der Waals surface area contributed by atoms with Gasteiger partial charge in [-0.15, -0.1) is 0 Å². The van der Waals surface area contributed by atoms with Crippen molar-refractivity contribution in [3.05, 3.63) is 82.5 Å². The van der Waals surface area contributed by atoms with E-state index in [9.17, 15) is 4.79 Å². The smallest absolute Gasteiger partial charge is 0.251 e. The minimum atomic E-state index is -0.000684. The zero-order chi connectivity index (χ0) is 13.9. The molecule has 3 aromatic rings. The van der Waals surface area contributed by atoms with Crippen LogP contribution in [-0.4, -0.2) is 14.3 Å². The number of rotatable bonds is 3. The Morgan fingerprint density at radius 2 is 1.85 bits per heavy atom. The van der Waals surface area contributed by atoms with Crippen molar-refractivity contribution in [2.75, 3.05) is 0 Å². The predicted octanol–water partition coefficient (Wildman–Crippen LogP) is 2.39. The summed E-state index contributed by atoms with van der Waals surface area (Å²) >= 11 is 0. The van der Waals surface area contributed by atoms with E-state index in [2.05, 4.69) is 5.10 Å². The van der Waals surface area contributed by atoms with Gasteiger partial charge in [0.05, 0.1) is 17.9 Å². The van der Waals surface area contributed by atoms with Crippen molar-refractivity contribution in [1.29, 1.82) is 0 Å². The number of aryl methyl sites for hydroxylation is 1. The van der Waals surface area contributed by atoms with E-state index >= 15 is 0 Å². The second kappa shape index (κ2) is 5.17. The van der Waals surface area contributed by atoms with Gasteiger partial charge in [0.15, 0.2) is 0 Å². The van der Waals surface area contributed by atoms with E-state index in [1.54, 1.807) is 16.8 Å². The molecule has 2 heterocycles. The molecule has 20 heavy (non-hydrogen) atoms. The summed E-state index contributed by atoms with van der Waals surface area (Å²) in [5.74, 6) is 0. The Morgan fingerprint density at radius 3 is 2.60 bits per heavy atom. The molecule has 0 aliphatic carbocycles. The lowest BCUT2D eigenvalue weighted by Gasteiger charge is -2.03. The molecule has 0 spiro atoms. The Hall–Kier alpha value is -2.62. The molecule has 3 rings (SSSR count). The molecule has 0 amide bonds. The maximum absolute atomic E-state index is 11.8. The van der Waals surface area contributed by atoms with Crippen LogP contribution in [0.5, 0.6) is 0 Å². The molecule has 0 saturated heterocycles. The van der Waals surface area contributed by atoms with Crippen LogP contribution in [-0.2, 0) is 6.54 Å². The van der Waals surface area contributed by atoms with Gasteiger partial charge in [-0.25, -0.2) is 4.68 Å². The number of pyridine rings is 1. The van der Waals surface area contributed by atoms with E-state index in [1.165, 1.54) is 0 Å². The molecule has 0 aliphatic heterocycles. The summed E-state index contributed by atoms with van der Waals surface area (Å²) in [4.78, 5) is 11.8. The average Bonchev–Trinajstić information content (AvgIpc) is 2.92. The first-order valence-corrected chi connectivity index (χ1v) is 6.49. The van der Waals surface area contributed by atoms with Gasteiger partial charge >= 0.3 is 0 Å². The monoisotopic (exact) mass is 265 g/mol. The van der Waals surface area contributed by atoms with E-state index in [1.807, 2.05) is 60.3 Å². The molecule has 0 aliphatic rings. The molecule has 0 atom stereocenters. The van der Waals surface area contributed by atoms with Crippen LogP contribution in [0.25, 0.3) is 5.69 Å². The van der Waals surface area contributed by atoms with Crippen LogP contribution in [0.15, 0.2) is 65.7 Å². The maximum Gasteiger partial charge on any atom is 0.251 e. The highest BCUT2D eigenvalue weighted by molar-refractivity contribution is 5.30. The van der Waals surface area contributed by atoms with Gasteiger partial charge in [-0.05, 0) is 36.8 Å². The molecule has 0 unspecified atom stereocenters. The molecule has 0 saturated carbocycles. The average molecular weight is 265 g/mol. The van der Waals surface area contributed by atoms with E-state index in [0.717, 1.165) is 16.9 Å². The third kappa shape index (κ3) is 2.54. The fourth-order valence-electron chi connectivity index (χ4n) is 2.08. The van der Waals surface area contributed by atoms with E-state index in [0.29, 0.717) is 6.54 Å². The van der Waals surface area contributed by atoms with Crippen molar-refractivity contribution in [2.24, 2.45) is 0 Å². The highest BCUT2D eigenvalue weighted by atomic mass is 16.1. The SMILES string of the molecule is Cc1ccn(Cc2ccn(-c3ccccc3)n2)c(=O)c1. The van der Waals surface area contributed by atoms with Crippen LogP contribution in [0, 0.1) is 6.92 Å². The number of para-hydroxylation sites is 1. The molecule has 0 fully saturated rings. The third-order valence-electron chi connectivity index (χ3n) is 3.15. The van der Waals surface area contributed by atoms with Crippen molar-refractivity contribution in [3.8, 4) is 5.69 Å². The molecule has 4 heteroatoms. The van der Waals surface area contributed by atoms with Crippen molar-refractivity contribution in [3.63, 3.8) is 0 Å². The standard InChI is InChI=1S/C16H15N3O/c1-13-7-9-18(16(20)11-13)12-14-8-10-19(17-14)15-5-3-2-4-6-15/h2-11H,12H2,1H3. The van der Waals surface area contributed by atoms with Gasteiger partial charge in [0.1, 0.15) is 0 Å². The lowest BCUT2D eigenvalue weighted by atomic mass is 10.3. The van der Waals surface area contributed by atoms with Gasteiger partial charge in [0.2, 0.25) is 0 Å². The summed E-state index contributed by atoms with van der Waals surface area (Å²) < 4.78 is 3.47. The van der Waals surface area contributed by atoms with Crippen molar-refractivity contribution in [2.45, 2.75) is 13.5 Å². The first-order chi connectivity index (χ1) is 9.72. The van der Waals surface area contributed by atoms with E-state index < -0.39 is 0 Å². The summed E-state index contributed by atoms with van der Waals surface area (Å²) in [6, 6.07) is 15.4.